The summed E-state index contributed by atoms with van der Waals surface area (Å²) in [6.45, 7) is 4.97. The van der Waals surface area contributed by atoms with Gasteiger partial charge in [0.25, 0.3) is 10.0 Å². The summed E-state index contributed by atoms with van der Waals surface area (Å²) in [6.07, 6.45) is 0.720. The van der Waals surface area contributed by atoms with Crippen molar-refractivity contribution in [2.45, 2.75) is 50.7 Å². The summed E-state index contributed by atoms with van der Waals surface area (Å²) in [5, 5.41) is 3.34. The summed E-state index contributed by atoms with van der Waals surface area (Å²) in [5.41, 5.74) is 0.906. The number of hydrogen-bond acceptors (Lipinski definition) is 4. The van der Waals surface area contributed by atoms with Gasteiger partial charge in [0, 0.05) is 27.1 Å². The molecule has 3 aromatic rings. The number of amides is 2. The topological polar surface area (TPSA) is 86.8 Å². The van der Waals surface area contributed by atoms with Crippen molar-refractivity contribution in [3.05, 3.63) is 92.9 Å². The Labute approximate surface area is 248 Å². The van der Waals surface area contributed by atoms with Crippen molar-refractivity contribution in [3.63, 3.8) is 0 Å². The number of benzene rings is 3. The number of halogens is 3. The second-order valence-corrected chi connectivity index (χ2v) is 12.7. The van der Waals surface area contributed by atoms with Gasteiger partial charge in [-0.15, -0.1) is 0 Å². The van der Waals surface area contributed by atoms with E-state index in [1.165, 1.54) is 35.2 Å². The van der Waals surface area contributed by atoms with Gasteiger partial charge in [-0.05, 0) is 68.3 Å². The third kappa shape index (κ3) is 8.20. The maximum atomic E-state index is 13.9. The molecule has 0 aliphatic heterocycles. The van der Waals surface area contributed by atoms with Gasteiger partial charge in [0.1, 0.15) is 12.6 Å². The van der Waals surface area contributed by atoms with Crippen LogP contribution in [0.1, 0.15) is 32.8 Å². The minimum absolute atomic E-state index is 0.00378. The van der Waals surface area contributed by atoms with E-state index in [0.29, 0.717) is 0 Å². The highest BCUT2D eigenvalue weighted by Crippen LogP contribution is 2.30. The Morgan fingerprint density at radius 2 is 1.54 bits per heavy atom. The summed E-state index contributed by atoms with van der Waals surface area (Å²) in [4.78, 5) is 28.4. The number of carbonyl (C=O) groups excluding carboxylic acids is 2. The average molecular weight is 655 g/mol. The van der Waals surface area contributed by atoms with Crippen molar-refractivity contribution in [2.24, 2.45) is 0 Å². The van der Waals surface area contributed by atoms with Gasteiger partial charge in [0.05, 0.1) is 10.6 Å². The van der Waals surface area contributed by atoms with Gasteiger partial charge in [0.2, 0.25) is 11.8 Å². The minimum atomic E-state index is -4.20. The van der Waals surface area contributed by atoms with Crippen LogP contribution in [-0.4, -0.2) is 43.8 Å². The maximum absolute atomic E-state index is 13.9. The zero-order chi connectivity index (χ0) is 28.7. The first kappa shape index (κ1) is 30.9. The van der Waals surface area contributed by atoms with Gasteiger partial charge >= 0.3 is 0 Å². The Kier molecular flexibility index (Phi) is 10.8. The molecule has 2 atom stereocenters. The predicted molar refractivity (Wildman–Crippen MR) is 159 cm³/mol. The lowest BCUT2D eigenvalue weighted by atomic mass is 10.1. The zero-order valence-corrected chi connectivity index (χ0v) is 25.7. The molecule has 11 heteroatoms. The van der Waals surface area contributed by atoms with E-state index in [0.717, 1.165) is 20.8 Å². The number of hydrogen-bond donors (Lipinski definition) is 1. The van der Waals surface area contributed by atoms with Crippen molar-refractivity contribution in [3.8, 4) is 0 Å². The predicted octanol–water partition coefficient (Wildman–Crippen LogP) is 6.28. The lowest BCUT2D eigenvalue weighted by molar-refractivity contribution is -0.139. The number of nitrogens with zero attached hydrogens (tertiary/aromatic N) is 2. The molecule has 0 saturated carbocycles. The van der Waals surface area contributed by atoms with E-state index < -0.39 is 28.5 Å². The van der Waals surface area contributed by atoms with Gasteiger partial charge in [-0.1, -0.05) is 76.4 Å². The molecule has 0 fully saturated rings. The minimum Gasteiger partial charge on any atom is -0.352 e. The van der Waals surface area contributed by atoms with E-state index in [9.17, 15) is 18.0 Å². The van der Waals surface area contributed by atoms with E-state index >= 15 is 0 Å². The quantitative estimate of drug-likeness (QED) is 0.264. The molecule has 3 aromatic carbocycles. The summed E-state index contributed by atoms with van der Waals surface area (Å²) >= 11 is 15.8. The van der Waals surface area contributed by atoms with Crippen molar-refractivity contribution >= 4 is 66.7 Å². The Bertz CT molecular complexity index is 1390. The maximum Gasteiger partial charge on any atom is 0.264 e. The molecule has 0 unspecified atom stereocenters. The Balaban J connectivity index is 2.04. The fourth-order valence-electron chi connectivity index (χ4n) is 3.77. The summed E-state index contributed by atoms with van der Waals surface area (Å²) in [5.74, 6) is -0.904. The zero-order valence-electron chi connectivity index (χ0n) is 21.8. The summed E-state index contributed by atoms with van der Waals surface area (Å²) in [6, 6.07) is 18.5. The first-order valence-electron chi connectivity index (χ1n) is 12.3. The Morgan fingerprint density at radius 3 is 2.10 bits per heavy atom. The molecular weight excluding hydrogens is 625 g/mol. The average Bonchev–Trinajstić information content (AvgIpc) is 2.90. The number of sulfonamides is 1. The van der Waals surface area contributed by atoms with Gasteiger partial charge < -0.3 is 10.2 Å². The van der Waals surface area contributed by atoms with Crippen molar-refractivity contribution in [2.75, 3.05) is 10.8 Å². The summed E-state index contributed by atoms with van der Waals surface area (Å²) in [7, 11) is -4.20. The van der Waals surface area contributed by atoms with Crippen molar-refractivity contribution in [1.82, 2.24) is 10.2 Å². The van der Waals surface area contributed by atoms with Crippen LogP contribution in [0.5, 0.6) is 0 Å². The van der Waals surface area contributed by atoms with Crippen LogP contribution in [-0.2, 0) is 26.2 Å². The van der Waals surface area contributed by atoms with E-state index in [1.807, 2.05) is 38.1 Å². The highest BCUT2D eigenvalue weighted by atomic mass is 79.9. The fraction of sp³-hybridized carbons (Fsp3) is 0.286. The number of anilines is 1. The molecule has 208 valence electrons. The number of carbonyl (C=O) groups is 2. The van der Waals surface area contributed by atoms with Crippen LogP contribution < -0.4 is 9.62 Å². The van der Waals surface area contributed by atoms with Crippen LogP contribution in [0.2, 0.25) is 10.0 Å². The number of rotatable bonds is 11. The van der Waals surface area contributed by atoms with Gasteiger partial charge in [-0.3, -0.25) is 13.9 Å². The summed E-state index contributed by atoms with van der Waals surface area (Å²) < 4.78 is 29.4. The SMILES string of the molecule is CC[C@H](C)NC(=O)[C@@H](C)N(Cc1ccc(Br)cc1)C(=O)CN(c1cc(Cl)cc(Cl)c1)S(=O)(=O)c1ccccc1. The van der Waals surface area contributed by atoms with Crippen LogP contribution >= 0.6 is 39.1 Å². The van der Waals surface area contributed by atoms with Gasteiger partial charge in [0.15, 0.2) is 0 Å². The third-order valence-electron chi connectivity index (χ3n) is 6.18. The molecule has 1 N–H and O–H groups in total. The van der Waals surface area contributed by atoms with Crippen LogP contribution in [0.4, 0.5) is 5.69 Å². The van der Waals surface area contributed by atoms with Crippen LogP contribution in [0.3, 0.4) is 0 Å². The van der Waals surface area contributed by atoms with E-state index in [1.54, 1.807) is 25.1 Å². The fourth-order valence-corrected chi connectivity index (χ4v) is 5.96. The van der Waals surface area contributed by atoms with E-state index in [4.69, 9.17) is 23.2 Å². The molecule has 0 radical (unpaired) electrons. The molecule has 0 aromatic heterocycles. The smallest absolute Gasteiger partial charge is 0.264 e. The van der Waals surface area contributed by atoms with Crippen LogP contribution in [0.25, 0.3) is 0 Å². The standard InChI is InChI=1S/C28H30BrCl2N3O4S/c1-4-19(2)32-28(36)20(3)33(17-21-10-12-22(29)13-11-21)27(35)18-34(25-15-23(30)14-24(31)16-25)39(37,38)26-8-6-5-7-9-26/h5-16,19-20H,4,17-18H2,1-3H3,(H,32,36)/t19-,20+/m0/s1. The normalized spacial score (nSPS) is 12.9. The molecule has 39 heavy (non-hydrogen) atoms. The highest BCUT2D eigenvalue weighted by Gasteiger charge is 2.33. The van der Waals surface area contributed by atoms with Crippen molar-refractivity contribution < 1.29 is 18.0 Å². The second kappa shape index (κ2) is 13.7. The lowest BCUT2D eigenvalue weighted by Gasteiger charge is -2.32. The Morgan fingerprint density at radius 1 is 0.949 bits per heavy atom. The molecule has 0 saturated heterocycles. The molecule has 0 aliphatic rings. The number of nitrogens with one attached hydrogen (secondary N) is 1. The van der Waals surface area contributed by atoms with E-state index in [2.05, 4.69) is 21.2 Å². The second-order valence-electron chi connectivity index (χ2n) is 9.09. The Hall–Kier alpha value is -2.59. The molecule has 0 bridgehead atoms. The molecular formula is C28H30BrCl2N3O4S. The van der Waals surface area contributed by atoms with Crippen LogP contribution in [0, 0.1) is 0 Å². The molecule has 3 rings (SSSR count). The largest absolute Gasteiger partial charge is 0.352 e. The van der Waals surface area contributed by atoms with Crippen LogP contribution in [0.15, 0.2) is 82.2 Å². The third-order valence-corrected chi connectivity index (χ3v) is 8.93. The highest BCUT2D eigenvalue weighted by molar-refractivity contribution is 9.10. The molecule has 2 amide bonds. The van der Waals surface area contributed by atoms with Gasteiger partial charge in [-0.25, -0.2) is 8.42 Å². The van der Waals surface area contributed by atoms with E-state index in [-0.39, 0.29) is 39.1 Å². The first-order chi connectivity index (χ1) is 18.4. The molecule has 0 spiro atoms. The molecule has 7 nitrogen and oxygen atoms in total. The van der Waals surface area contributed by atoms with Crippen molar-refractivity contribution in [1.29, 1.82) is 0 Å². The molecule has 0 aliphatic carbocycles. The first-order valence-corrected chi connectivity index (χ1v) is 15.3. The lowest BCUT2D eigenvalue weighted by Crippen LogP contribution is -2.52. The molecule has 0 heterocycles. The van der Waals surface area contributed by atoms with Gasteiger partial charge in [-0.2, -0.15) is 0 Å². The monoisotopic (exact) mass is 653 g/mol.